The molecule has 0 amide bonds. The van der Waals surface area contributed by atoms with Gasteiger partial charge in [-0.05, 0) is 26.3 Å². The molecule has 2 fully saturated rings. The molecule has 1 N–H and O–H groups in total. The van der Waals surface area contributed by atoms with E-state index in [9.17, 15) is 4.79 Å². The minimum absolute atomic E-state index is 0.0987. The van der Waals surface area contributed by atoms with E-state index in [4.69, 9.17) is 5.11 Å². The van der Waals surface area contributed by atoms with Crippen LogP contribution in [-0.2, 0) is 4.79 Å². The van der Waals surface area contributed by atoms with Crippen molar-refractivity contribution in [3.63, 3.8) is 0 Å². The first-order valence-corrected chi connectivity index (χ1v) is 6.32. The second kappa shape index (κ2) is 5.15. The highest BCUT2D eigenvalue weighted by Gasteiger charge is 2.31. The lowest BCUT2D eigenvalue weighted by Crippen LogP contribution is -2.50. The number of hydrogen-bond donors (Lipinski definition) is 1. The summed E-state index contributed by atoms with van der Waals surface area (Å²) in [4.78, 5) is 15.8. The van der Waals surface area contributed by atoms with E-state index in [1.807, 2.05) is 0 Å². The van der Waals surface area contributed by atoms with Gasteiger partial charge in [-0.15, -0.1) is 0 Å². The van der Waals surface area contributed by atoms with E-state index in [-0.39, 0.29) is 5.92 Å². The van der Waals surface area contributed by atoms with Crippen LogP contribution in [0, 0.1) is 5.92 Å². The average Bonchev–Trinajstić information content (AvgIpc) is 2.30. The van der Waals surface area contributed by atoms with Crippen LogP contribution in [0.1, 0.15) is 25.7 Å². The first kappa shape index (κ1) is 11.9. The fourth-order valence-electron chi connectivity index (χ4n) is 2.91. The Kier molecular flexibility index (Phi) is 3.82. The van der Waals surface area contributed by atoms with Crippen molar-refractivity contribution in [1.29, 1.82) is 0 Å². The van der Waals surface area contributed by atoms with Crippen molar-refractivity contribution in [3.8, 4) is 0 Å². The molecule has 2 aliphatic rings. The van der Waals surface area contributed by atoms with Gasteiger partial charge in [-0.2, -0.15) is 0 Å². The summed E-state index contributed by atoms with van der Waals surface area (Å²) in [6, 6.07) is 0.517. The molecule has 16 heavy (non-hydrogen) atoms. The number of carbonyl (C=O) groups is 1. The number of rotatable bonds is 2. The van der Waals surface area contributed by atoms with Crippen LogP contribution in [0.2, 0.25) is 0 Å². The molecule has 1 heterocycles. The molecule has 4 heteroatoms. The van der Waals surface area contributed by atoms with E-state index < -0.39 is 5.97 Å². The van der Waals surface area contributed by atoms with E-state index in [0.717, 1.165) is 45.4 Å². The monoisotopic (exact) mass is 226 g/mol. The smallest absolute Gasteiger partial charge is 0.306 e. The third kappa shape index (κ3) is 2.74. The van der Waals surface area contributed by atoms with Gasteiger partial charge in [0.25, 0.3) is 0 Å². The molecule has 1 unspecified atom stereocenters. The minimum atomic E-state index is -0.598. The minimum Gasteiger partial charge on any atom is -0.481 e. The zero-order chi connectivity index (χ0) is 11.5. The molecule has 0 aromatic heterocycles. The predicted molar refractivity (Wildman–Crippen MR) is 62.5 cm³/mol. The summed E-state index contributed by atoms with van der Waals surface area (Å²) in [7, 11) is 2.15. The highest BCUT2D eigenvalue weighted by molar-refractivity contribution is 5.70. The standard InChI is InChI=1S/C12H22N2O2/c1-13-5-7-14(8-6-13)11-4-2-3-10(9-11)12(15)16/h10-11H,2-9H2,1H3,(H,15,16)/t10-,11?/m0/s1. The van der Waals surface area contributed by atoms with E-state index in [1.54, 1.807) is 0 Å². The molecule has 2 atom stereocenters. The number of likely N-dealkylation sites (N-methyl/N-ethyl adjacent to an activating group) is 1. The quantitative estimate of drug-likeness (QED) is 0.759. The third-order valence-corrected chi connectivity index (χ3v) is 4.05. The Bertz CT molecular complexity index is 249. The zero-order valence-electron chi connectivity index (χ0n) is 10.1. The maximum Gasteiger partial charge on any atom is 0.306 e. The summed E-state index contributed by atoms with van der Waals surface area (Å²) in [6.45, 7) is 4.45. The van der Waals surface area contributed by atoms with E-state index in [0.29, 0.717) is 6.04 Å². The molecular formula is C12H22N2O2. The summed E-state index contributed by atoms with van der Waals surface area (Å²) in [5.41, 5.74) is 0. The van der Waals surface area contributed by atoms with Crippen LogP contribution in [0.5, 0.6) is 0 Å². The van der Waals surface area contributed by atoms with Crippen molar-refractivity contribution in [1.82, 2.24) is 9.80 Å². The maximum atomic E-state index is 11.0. The molecule has 0 bridgehead atoms. The van der Waals surface area contributed by atoms with Crippen molar-refractivity contribution in [2.75, 3.05) is 33.2 Å². The van der Waals surface area contributed by atoms with Crippen molar-refractivity contribution >= 4 is 5.97 Å². The van der Waals surface area contributed by atoms with Gasteiger partial charge >= 0.3 is 5.97 Å². The lowest BCUT2D eigenvalue weighted by Gasteiger charge is -2.40. The Morgan fingerprint density at radius 2 is 1.88 bits per heavy atom. The van der Waals surface area contributed by atoms with E-state index in [1.165, 1.54) is 6.42 Å². The molecule has 0 radical (unpaired) electrons. The molecule has 1 saturated carbocycles. The highest BCUT2D eigenvalue weighted by atomic mass is 16.4. The highest BCUT2D eigenvalue weighted by Crippen LogP contribution is 2.28. The first-order valence-electron chi connectivity index (χ1n) is 6.32. The lowest BCUT2D eigenvalue weighted by atomic mass is 9.85. The van der Waals surface area contributed by atoms with Crippen LogP contribution in [0.25, 0.3) is 0 Å². The Hall–Kier alpha value is -0.610. The van der Waals surface area contributed by atoms with Gasteiger partial charge in [0.05, 0.1) is 5.92 Å². The van der Waals surface area contributed by atoms with Gasteiger partial charge in [0.2, 0.25) is 0 Å². The van der Waals surface area contributed by atoms with Crippen molar-refractivity contribution in [3.05, 3.63) is 0 Å². The summed E-state index contributed by atoms with van der Waals surface area (Å²) < 4.78 is 0. The summed E-state index contributed by atoms with van der Waals surface area (Å²) in [6.07, 6.45) is 4.00. The van der Waals surface area contributed by atoms with Crippen LogP contribution < -0.4 is 0 Å². The molecule has 2 rings (SSSR count). The van der Waals surface area contributed by atoms with Gasteiger partial charge in [0, 0.05) is 32.2 Å². The third-order valence-electron chi connectivity index (χ3n) is 4.05. The molecule has 0 spiro atoms. The molecule has 92 valence electrons. The van der Waals surface area contributed by atoms with E-state index >= 15 is 0 Å². The van der Waals surface area contributed by atoms with Crippen LogP contribution in [-0.4, -0.2) is 60.1 Å². The number of piperazine rings is 1. The van der Waals surface area contributed by atoms with Gasteiger partial charge in [0.15, 0.2) is 0 Å². The van der Waals surface area contributed by atoms with Crippen molar-refractivity contribution < 1.29 is 9.90 Å². The van der Waals surface area contributed by atoms with E-state index in [2.05, 4.69) is 16.8 Å². The predicted octanol–water partition coefficient (Wildman–Crippen LogP) is 0.877. The summed E-state index contributed by atoms with van der Waals surface area (Å²) in [5.74, 6) is -0.697. The number of nitrogens with zero attached hydrogens (tertiary/aromatic N) is 2. The molecule has 1 saturated heterocycles. The number of aliphatic carboxylic acids is 1. The second-order valence-electron chi connectivity index (χ2n) is 5.19. The van der Waals surface area contributed by atoms with Gasteiger partial charge in [-0.1, -0.05) is 6.42 Å². The van der Waals surface area contributed by atoms with Crippen LogP contribution in [0.15, 0.2) is 0 Å². The zero-order valence-corrected chi connectivity index (χ0v) is 10.1. The molecule has 1 aliphatic heterocycles. The Balaban J connectivity index is 1.87. The Morgan fingerprint density at radius 1 is 1.19 bits per heavy atom. The molecule has 0 aromatic rings. The normalized spacial score (nSPS) is 33.8. The lowest BCUT2D eigenvalue weighted by molar-refractivity contribution is -0.143. The van der Waals surface area contributed by atoms with Crippen LogP contribution >= 0.6 is 0 Å². The number of hydrogen-bond acceptors (Lipinski definition) is 3. The Morgan fingerprint density at radius 3 is 2.50 bits per heavy atom. The number of carboxylic acid groups (broad SMARTS) is 1. The summed E-state index contributed by atoms with van der Waals surface area (Å²) >= 11 is 0. The second-order valence-corrected chi connectivity index (χ2v) is 5.19. The first-order chi connectivity index (χ1) is 7.66. The van der Waals surface area contributed by atoms with Crippen LogP contribution in [0.3, 0.4) is 0 Å². The summed E-state index contributed by atoms with van der Waals surface area (Å²) in [5, 5.41) is 9.07. The SMILES string of the molecule is CN1CCN(C2CCC[C@H](C(=O)O)C2)CC1. The molecular weight excluding hydrogens is 204 g/mol. The van der Waals surface area contributed by atoms with Gasteiger partial charge < -0.3 is 10.0 Å². The fraction of sp³-hybridized carbons (Fsp3) is 0.917. The van der Waals surface area contributed by atoms with Gasteiger partial charge in [-0.25, -0.2) is 0 Å². The van der Waals surface area contributed by atoms with Gasteiger partial charge in [0.1, 0.15) is 0 Å². The maximum absolute atomic E-state index is 11.0. The van der Waals surface area contributed by atoms with Crippen LogP contribution in [0.4, 0.5) is 0 Å². The Labute approximate surface area is 97.2 Å². The molecule has 4 nitrogen and oxygen atoms in total. The largest absolute Gasteiger partial charge is 0.481 e. The number of carboxylic acids is 1. The molecule has 0 aromatic carbocycles. The average molecular weight is 226 g/mol. The van der Waals surface area contributed by atoms with Crippen molar-refractivity contribution in [2.24, 2.45) is 5.92 Å². The topological polar surface area (TPSA) is 43.8 Å². The fourth-order valence-corrected chi connectivity index (χ4v) is 2.91. The van der Waals surface area contributed by atoms with Gasteiger partial charge in [-0.3, -0.25) is 9.69 Å². The van der Waals surface area contributed by atoms with Crippen molar-refractivity contribution in [2.45, 2.75) is 31.7 Å². The molecule has 1 aliphatic carbocycles.